The van der Waals surface area contributed by atoms with Gasteiger partial charge in [-0.25, -0.2) is 0 Å². The molecule has 2 heterocycles. The molecule has 1 fully saturated rings. The summed E-state index contributed by atoms with van der Waals surface area (Å²) in [6.07, 6.45) is 1.55. The summed E-state index contributed by atoms with van der Waals surface area (Å²) < 4.78 is 0. The molecule has 1 atom stereocenters. The van der Waals surface area contributed by atoms with Gasteiger partial charge in [0.05, 0.1) is 16.8 Å². The summed E-state index contributed by atoms with van der Waals surface area (Å²) in [7, 11) is 0. The van der Waals surface area contributed by atoms with Gasteiger partial charge in [-0.15, -0.1) is 0 Å². The van der Waals surface area contributed by atoms with Crippen LogP contribution in [0.1, 0.15) is 52.1 Å². The fourth-order valence-corrected chi connectivity index (χ4v) is 4.49. The standard InChI is InChI=1S/C24H30N4O2/c1-18(19-8-3-2-4-9-19)26-14-16-27(17-15-26)21-11-7-10-20-22(21)24(30)28(23(20)29)13-6-5-12-25/h2-4,7-11,18H,5-6,12-17,25H2,1H3/t18-/m1/s1. The van der Waals surface area contributed by atoms with E-state index in [0.29, 0.717) is 30.3 Å². The number of carbonyl (C=O) groups excluding carboxylic acids is 2. The number of imide groups is 1. The van der Waals surface area contributed by atoms with Crippen LogP contribution in [0.5, 0.6) is 0 Å². The molecule has 6 nitrogen and oxygen atoms in total. The van der Waals surface area contributed by atoms with Gasteiger partial charge in [-0.1, -0.05) is 36.4 Å². The van der Waals surface area contributed by atoms with E-state index < -0.39 is 0 Å². The van der Waals surface area contributed by atoms with Crippen molar-refractivity contribution in [1.82, 2.24) is 9.80 Å². The molecule has 0 unspecified atom stereocenters. The van der Waals surface area contributed by atoms with E-state index in [-0.39, 0.29) is 11.8 Å². The number of anilines is 1. The Balaban J connectivity index is 1.47. The quantitative estimate of drug-likeness (QED) is 0.566. The molecule has 0 saturated carbocycles. The van der Waals surface area contributed by atoms with Gasteiger partial charge in [-0.3, -0.25) is 19.4 Å². The SMILES string of the molecule is C[C@H](c1ccccc1)N1CCN(c2cccc3c2C(=O)N(CCCCN)C3=O)CC1. The molecule has 30 heavy (non-hydrogen) atoms. The molecule has 2 aromatic carbocycles. The first kappa shape index (κ1) is 20.6. The highest BCUT2D eigenvalue weighted by molar-refractivity contribution is 6.23. The Labute approximate surface area is 178 Å². The van der Waals surface area contributed by atoms with Crippen LogP contribution in [0.2, 0.25) is 0 Å². The molecule has 2 amide bonds. The van der Waals surface area contributed by atoms with E-state index in [2.05, 4.69) is 41.0 Å². The Morgan fingerprint density at radius 1 is 0.900 bits per heavy atom. The molecule has 0 spiro atoms. The number of nitrogens with two attached hydrogens (primary N) is 1. The highest BCUT2D eigenvalue weighted by atomic mass is 16.2. The Morgan fingerprint density at radius 3 is 2.33 bits per heavy atom. The number of nitrogens with zero attached hydrogens (tertiary/aromatic N) is 3. The van der Waals surface area contributed by atoms with Crippen molar-refractivity contribution in [3.63, 3.8) is 0 Å². The topological polar surface area (TPSA) is 69.9 Å². The van der Waals surface area contributed by atoms with Crippen LogP contribution < -0.4 is 10.6 Å². The number of unbranched alkanes of at least 4 members (excludes halogenated alkanes) is 1. The van der Waals surface area contributed by atoms with Crippen LogP contribution in [0.25, 0.3) is 0 Å². The van der Waals surface area contributed by atoms with Crippen LogP contribution >= 0.6 is 0 Å². The highest BCUT2D eigenvalue weighted by Gasteiger charge is 2.38. The molecular weight excluding hydrogens is 376 g/mol. The first-order valence-corrected chi connectivity index (χ1v) is 10.8. The van der Waals surface area contributed by atoms with Crippen molar-refractivity contribution in [1.29, 1.82) is 0 Å². The van der Waals surface area contributed by atoms with Crippen LogP contribution in [0.3, 0.4) is 0 Å². The smallest absolute Gasteiger partial charge is 0.263 e. The lowest BCUT2D eigenvalue weighted by Gasteiger charge is -2.39. The van der Waals surface area contributed by atoms with Crippen molar-refractivity contribution < 1.29 is 9.59 Å². The van der Waals surface area contributed by atoms with Crippen molar-refractivity contribution >= 4 is 17.5 Å². The fraction of sp³-hybridized carbons (Fsp3) is 0.417. The number of hydrogen-bond donors (Lipinski definition) is 1. The number of hydrogen-bond acceptors (Lipinski definition) is 5. The molecule has 0 radical (unpaired) electrons. The molecule has 0 aliphatic carbocycles. The Kier molecular flexibility index (Phi) is 6.16. The van der Waals surface area contributed by atoms with Crippen molar-refractivity contribution in [2.24, 2.45) is 5.73 Å². The molecule has 2 N–H and O–H groups in total. The lowest BCUT2D eigenvalue weighted by atomic mass is 10.0. The maximum Gasteiger partial charge on any atom is 0.263 e. The van der Waals surface area contributed by atoms with Gasteiger partial charge in [0.15, 0.2) is 0 Å². The lowest BCUT2D eigenvalue weighted by molar-refractivity contribution is 0.0652. The third-order valence-corrected chi connectivity index (χ3v) is 6.30. The van der Waals surface area contributed by atoms with E-state index in [1.54, 1.807) is 6.07 Å². The van der Waals surface area contributed by atoms with Gasteiger partial charge in [-0.05, 0) is 44.0 Å². The van der Waals surface area contributed by atoms with E-state index in [9.17, 15) is 9.59 Å². The van der Waals surface area contributed by atoms with Gasteiger partial charge in [0, 0.05) is 38.8 Å². The number of fused-ring (bicyclic) bond motifs is 1. The Morgan fingerprint density at radius 2 is 1.63 bits per heavy atom. The van der Waals surface area contributed by atoms with Crippen LogP contribution in [-0.4, -0.2) is 60.9 Å². The van der Waals surface area contributed by atoms with Gasteiger partial charge in [0.2, 0.25) is 0 Å². The average molecular weight is 407 g/mol. The number of rotatable bonds is 7. The number of piperazine rings is 1. The molecule has 4 rings (SSSR count). The zero-order chi connectivity index (χ0) is 21.1. The minimum atomic E-state index is -0.176. The molecule has 1 saturated heterocycles. The third-order valence-electron chi connectivity index (χ3n) is 6.30. The van der Waals surface area contributed by atoms with E-state index in [1.165, 1.54) is 10.5 Å². The van der Waals surface area contributed by atoms with E-state index in [0.717, 1.165) is 44.7 Å². The molecule has 0 aromatic heterocycles. The maximum atomic E-state index is 13.1. The van der Waals surface area contributed by atoms with Gasteiger partial charge in [-0.2, -0.15) is 0 Å². The monoisotopic (exact) mass is 406 g/mol. The third kappa shape index (κ3) is 3.85. The number of amides is 2. The normalized spacial score (nSPS) is 18.1. The molecular formula is C24H30N4O2. The Bertz CT molecular complexity index is 907. The predicted molar refractivity (Wildman–Crippen MR) is 119 cm³/mol. The lowest BCUT2D eigenvalue weighted by Crippen LogP contribution is -2.47. The predicted octanol–water partition coefficient (Wildman–Crippen LogP) is 2.90. The summed E-state index contributed by atoms with van der Waals surface area (Å²) in [6, 6.07) is 16.5. The largest absolute Gasteiger partial charge is 0.368 e. The second-order valence-corrected chi connectivity index (χ2v) is 8.07. The molecule has 2 aromatic rings. The van der Waals surface area contributed by atoms with Gasteiger partial charge < -0.3 is 10.6 Å². The van der Waals surface area contributed by atoms with Gasteiger partial charge >= 0.3 is 0 Å². The van der Waals surface area contributed by atoms with Crippen LogP contribution in [0.15, 0.2) is 48.5 Å². The second kappa shape index (κ2) is 8.98. The molecule has 158 valence electrons. The van der Waals surface area contributed by atoms with Crippen molar-refractivity contribution in [3.8, 4) is 0 Å². The summed E-state index contributed by atoms with van der Waals surface area (Å²) in [5, 5.41) is 0. The average Bonchev–Trinajstić information content (AvgIpc) is 3.04. The zero-order valence-electron chi connectivity index (χ0n) is 17.6. The zero-order valence-corrected chi connectivity index (χ0v) is 17.6. The van der Waals surface area contributed by atoms with Crippen LogP contribution in [0, 0.1) is 0 Å². The Hall–Kier alpha value is -2.70. The van der Waals surface area contributed by atoms with E-state index in [4.69, 9.17) is 5.73 Å². The molecule has 2 aliphatic heterocycles. The first-order valence-electron chi connectivity index (χ1n) is 10.8. The van der Waals surface area contributed by atoms with Crippen LogP contribution in [-0.2, 0) is 0 Å². The summed E-state index contributed by atoms with van der Waals surface area (Å²) in [5.74, 6) is -0.340. The summed E-state index contributed by atoms with van der Waals surface area (Å²) in [4.78, 5) is 32.0. The number of carbonyl (C=O) groups is 2. The summed E-state index contributed by atoms with van der Waals surface area (Å²) >= 11 is 0. The minimum Gasteiger partial charge on any atom is -0.368 e. The van der Waals surface area contributed by atoms with Gasteiger partial charge in [0.25, 0.3) is 11.8 Å². The number of benzene rings is 2. The second-order valence-electron chi connectivity index (χ2n) is 8.07. The highest BCUT2D eigenvalue weighted by Crippen LogP contribution is 2.33. The van der Waals surface area contributed by atoms with Crippen molar-refractivity contribution in [3.05, 3.63) is 65.2 Å². The van der Waals surface area contributed by atoms with E-state index >= 15 is 0 Å². The van der Waals surface area contributed by atoms with Gasteiger partial charge in [0.1, 0.15) is 0 Å². The van der Waals surface area contributed by atoms with Crippen LogP contribution in [0.4, 0.5) is 5.69 Å². The molecule has 0 bridgehead atoms. The maximum absolute atomic E-state index is 13.1. The molecule has 2 aliphatic rings. The van der Waals surface area contributed by atoms with Crippen molar-refractivity contribution in [2.75, 3.05) is 44.2 Å². The summed E-state index contributed by atoms with van der Waals surface area (Å²) in [6.45, 7) is 6.76. The first-order chi connectivity index (χ1) is 14.6. The minimum absolute atomic E-state index is 0.164. The summed E-state index contributed by atoms with van der Waals surface area (Å²) in [5.41, 5.74) is 8.87. The van der Waals surface area contributed by atoms with E-state index in [1.807, 2.05) is 18.2 Å². The molecule has 6 heteroatoms. The fourth-order valence-electron chi connectivity index (χ4n) is 4.49. The van der Waals surface area contributed by atoms with Crippen molar-refractivity contribution in [2.45, 2.75) is 25.8 Å².